The molecular formula is C14H17ClFN3. The van der Waals surface area contributed by atoms with E-state index >= 15 is 0 Å². The minimum atomic E-state index is -0.425. The van der Waals surface area contributed by atoms with Gasteiger partial charge in [-0.15, -0.1) is 0 Å². The lowest BCUT2D eigenvalue weighted by atomic mass is 10.3. The molecule has 0 saturated carbocycles. The van der Waals surface area contributed by atoms with Crippen molar-refractivity contribution < 1.29 is 4.39 Å². The van der Waals surface area contributed by atoms with E-state index in [0.717, 1.165) is 12.1 Å². The number of anilines is 1. The lowest BCUT2D eigenvalue weighted by Gasteiger charge is -2.09. The number of hydrogen-bond acceptors (Lipinski definition) is 2. The number of nitrogens with one attached hydrogen (secondary N) is 1. The molecule has 1 heterocycles. The largest absolute Gasteiger partial charge is 0.377 e. The lowest BCUT2D eigenvalue weighted by Crippen LogP contribution is -2.07. The van der Waals surface area contributed by atoms with Crippen molar-refractivity contribution in [1.82, 2.24) is 9.78 Å². The molecule has 1 N–H and O–H groups in total. The van der Waals surface area contributed by atoms with E-state index in [1.807, 2.05) is 16.9 Å². The predicted molar refractivity (Wildman–Crippen MR) is 76.0 cm³/mol. The standard InChI is InChI=1S/C14H17ClFN3/c1-3-10(2)19-8-7-11(18-19)9-17-13-6-4-5-12(15)14(13)16/h4-8,10,17H,3,9H2,1-2H3. The number of halogens is 2. The average molecular weight is 282 g/mol. The summed E-state index contributed by atoms with van der Waals surface area (Å²) in [7, 11) is 0. The van der Waals surface area contributed by atoms with E-state index in [0.29, 0.717) is 18.3 Å². The first-order chi connectivity index (χ1) is 9.11. The van der Waals surface area contributed by atoms with Crippen molar-refractivity contribution in [3.05, 3.63) is 47.0 Å². The number of aromatic nitrogens is 2. The summed E-state index contributed by atoms with van der Waals surface area (Å²) in [4.78, 5) is 0. The Balaban J connectivity index is 2.02. The van der Waals surface area contributed by atoms with Gasteiger partial charge in [0.15, 0.2) is 5.82 Å². The van der Waals surface area contributed by atoms with Crippen molar-refractivity contribution in [3.63, 3.8) is 0 Å². The van der Waals surface area contributed by atoms with Gasteiger partial charge in [-0.05, 0) is 31.5 Å². The number of nitrogens with zero attached hydrogens (tertiary/aromatic N) is 2. The highest BCUT2D eigenvalue weighted by Gasteiger charge is 2.07. The van der Waals surface area contributed by atoms with Gasteiger partial charge in [0.1, 0.15) is 0 Å². The Morgan fingerprint density at radius 2 is 2.21 bits per heavy atom. The molecule has 0 fully saturated rings. The van der Waals surface area contributed by atoms with Crippen molar-refractivity contribution in [2.24, 2.45) is 0 Å². The smallest absolute Gasteiger partial charge is 0.164 e. The first-order valence-corrected chi connectivity index (χ1v) is 6.71. The van der Waals surface area contributed by atoms with Gasteiger partial charge in [-0.1, -0.05) is 24.6 Å². The van der Waals surface area contributed by atoms with Gasteiger partial charge in [0.2, 0.25) is 0 Å². The molecule has 1 aromatic heterocycles. The van der Waals surface area contributed by atoms with Crippen LogP contribution in [0.15, 0.2) is 30.5 Å². The molecule has 0 spiro atoms. The van der Waals surface area contributed by atoms with Gasteiger partial charge in [0, 0.05) is 12.2 Å². The summed E-state index contributed by atoms with van der Waals surface area (Å²) in [6.07, 6.45) is 2.97. The summed E-state index contributed by atoms with van der Waals surface area (Å²) in [6, 6.07) is 7.20. The molecule has 0 aliphatic rings. The third-order valence-corrected chi connectivity index (χ3v) is 3.41. The maximum atomic E-state index is 13.7. The zero-order valence-corrected chi connectivity index (χ0v) is 11.8. The summed E-state index contributed by atoms with van der Waals surface area (Å²) in [5, 5.41) is 7.57. The Labute approximate surface area is 117 Å². The molecule has 0 aliphatic carbocycles. The van der Waals surface area contributed by atoms with Crippen LogP contribution in [0.1, 0.15) is 32.0 Å². The van der Waals surface area contributed by atoms with Crippen LogP contribution in [0.25, 0.3) is 0 Å². The van der Waals surface area contributed by atoms with Gasteiger partial charge in [-0.2, -0.15) is 5.10 Å². The number of rotatable bonds is 5. The topological polar surface area (TPSA) is 29.9 Å². The normalized spacial score (nSPS) is 12.4. The SMILES string of the molecule is CCC(C)n1ccc(CNc2cccc(Cl)c2F)n1. The second kappa shape index (κ2) is 6.06. The highest BCUT2D eigenvalue weighted by Crippen LogP contribution is 2.22. The van der Waals surface area contributed by atoms with Gasteiger partial charge in [-0.3, -0.25) is 4.68 Å². The summed E-state index contributed by atoms with van der Waals surface area (Å²) in [6.45, 7) is 4.70. The summed E-state index contributed by atoms with van der Waals surface area (Å²) in [5.74, 6) is -0.425. The molecule has 1 unspecified atom stereocenters. The summed E-state index contributed by atoms with van der Waals surface area (Å²) < 4.78 is 15.6. The molecule has 0 saturated heterocycles. The van der Waals surface area contributed by atoms with Crippen LogP contribution < -0.4 is 5.32 Å². The number of benzene rings is 1. The van der Waals surface area contributed by atoms with E-state index in [9.17, 15) is 4.39 Å². The van der Waals surface area contributed by atoms with Gasteiger partial charge in [0.25, 0.3) is 0 Å². The minimum absolute atomic E-state index is 0.120. The van der Waals surface area contributed by atoms with E-state index in [-0.39, 0.29) is 5.02 Å². The van der Waals surface area contributed by atoms with Gasteiger partial charge < -0.3 is 5.32 Å². The van der Waals surface area contributed by atoms with E-state index in [1.54, 1.807) is 12.1 Å². The number of hydrogen-bond donors (Lipinski definition) is 1. The highest BCUT2D eigenvalue weighted by molar-refractivity contribution is 6.31. The van der Waals surface area contributed by atoms with Crippen LogP contribution >= 0.6 is 11.6 Å². The van der Waals surface area contributed by atoms with Crippen LogP contribution in [-0.4, -0.2) is 9.78 Å². The Morgan fingerprint density at radius 3 is 2.95 bits per heavy atom. The van der Waals surface area contributed by atoms with Crippen LogP contribution in [0.3, 0.4) is 0 Å². The maximum Gasteiger partial charge on any atom is 0.164 e. The second-order valence-electron chi connectivity index (χ2n) is 4.50. The quantitative estimate of drug-likeness (QED) is 0.887. The molecule has 5 heteroatoms. The molecule has 0 amide bonds. The van der Waals surface area contributed by atoms with Crippen LogP contribution in [0.2, 0.25) is 5.02 Å². The van der Waals surface area contributed by atoms with Crippen molar-refractivity contribution in [3.8, 4) is 0 Å². The zero-order valence-electron chi connectivity index (χ0n) is 11.0. The fourth-order valence-corrected chi connectivity index (χ4v) is 1.90. The van der Waals surface area contributed by atoms with Crippen LogP contribution in [0.5, 0.6) is 0 Å². The molecule has 3 nitrogen and oxygen atoms in total. The Bertz CT molecular complexity index is 553. The van der Waals surface area contributed by atoms with Crippen molar-refractivity contribution >= 4 is 17.3 Å². The molecule has 19 heavy (non-hydrogen) atoms. The molecule has 0 radical (unpaired) electrons. The summed E-state index contributed by atoms with van der Waals surface area (Å²) in [5.41, 5.74) is 1.27. The van der Waals surface area contributed by atoms with Crippen molar-refractivity contribution in [2.45, 2.75) is 32.9 Å². The molecule has 102 valence electrons. The van der Waals surface area contributed by atoms with Crippen LogP contribution in [0, 0.1) is 5.82 Å². The fraction of sp³-hybridized carbons (Fsp3) is 0.357. The van der Waals surface area contributed by atoms with Crippen LogP contribution in [-0.2, 0) is 6.54 Å². The van der Waals surface area contributed by atoms with Crippen molar-refractivity contribution in [1.29, 1.82) is 0 Å². The third-order valence-electron chi connectivity index (χ3n) is 3.12. The van der Waals surface area contributed by atoms with E-state index in [1.165, 1.54) is 6.07 Å². The van der Waals surface area contributed by atoms with E-state index in [2.05, 4.69) is 24.3 Å². The highest BCUT2D eigenvalue weighted by atomic mass is 35.5. The molecule has 2 aromatic rings. The molecule has 0 aliphatic heterocycles. The first kappa shape index (κ1) is 13.9. The monoisotopic (exact) mass is 281 g/mol. The lowest BCUT2D eigenvalue weighted by molar-refractivity contribution is 0.474. The summed E-state index contributed by atoms with van der Waals surface area (Å²) >= 11 is 5.73. The molecule has 1 atom stereocenters. The molecule has 0 bridgehead atoms. The zero-order chi connectivity index (χ0) is 13.8. The maximum absolute atomic E-state index is 13.7. The van der Waals surface area contributed by atoms with E-state index < -0.39 is 5.82 Å². The molecule has 2 rings (SSSR count). The predicted octanol–water partition coefficient (Wildman–Crippen LogP) is 4.26. The molecule has 1 aromatic carbocycles. The molecular weight excluding hydrogens is 265 g/mol. The minimum Gasteiger partial charge on any atom is -0.377 e. The Morgan fingerprint density at radius 1 is 1.42 bits per heavy atom. The third kappa shape index (κ3) is 3.26. The van der Waals surface area contributed by atoms with Gasteiger partial charge >= 0.3 is 0 Å². The van der Waals surface area contributed by atoms with Crippen LogP contribution in [0.4, 0.5) is 10.1 Å². The van der Waals surface area contributed by atoms with Crippen molar-refractivity contribution in [2.75, 3.05) is 5.32 Å². The fourth-order valence-electron chi connectivity index (χ4n) is 1.73. The Hall–Kier alpha value is -1.55. The second-order valence-corrected chi connectivity index (χ2v) is 4.91. The van der Waals surface area contributed by atoms with E-state index in [4.69, 9.17) is 11.6 Å². The van der Waals surface area contributed by atoms with Gasteiger partial charge in [0.05, 0.1) is 22.9 Å². The Kier molecular flexibility index (Phi) is 4.43. The van der Waals surface area contributed by atoms with Gasteiger partial charge in [-0.25, -0.2) is 4.39 Å². The first-order valence-electron chi connectivity index (χ1n) is 6.33. The average Bonchev–Trinajstić information content (AvgIpc) is 2.88.